The molecule has 1 unspecified atom stereocenters. The molecule has 2 N–H and O–H groups in total. The van der Waals surface area contributed by atoms with Crippen molar-refractivity contribution < 1.29 is 23.2 Å². The number of carbonyl (C=O) groups is 1. The molecule has 0 fully saturated rings. The van der Waals surface area contributed by atoms with E-state index in [0.29, 0.717) is 24.5 Å². The topological polar surface area (TPSA) is 84.6 Å². The molecule has 0 radical (unpaired) electrons. The molecular formula is C23H26FN4O3+. The number of ether oxygens (including phenoxy) is 1. The second kappa shape index (κ2) is 9.49. The number of likely N-dealkylation sites (N-methyl/N-ethyl adjacent to an activating group) is 1. The maximum Gasteiger partial charge on any atom is 0.280 e. The van der Waals surface area contributed by atoms with Crippen molar-refractivity contribution in [2.45, 2.75) is 26.9 Å². The number of nitriles is 1. The minimum atomic E-state index is -0.433. The average molecular weight is 425 g/mol. The third-order valence-corrected chi connectivity index (χ3v) is 5.28. The summed E-state index contributed by atoms with van der Waals surface area (Å²) in [4.78, 5) is 13.6. The van der Waals surface area contributed by atoms with Crippen LogP contribution in [-0.4, -0.2) is 31.2 Å². The van der Waals surface area contributed by atoms with Crippen LogP contribution < -0.4 is 15.0 Å². The van der Waals surface area contributed by atoms with E-state index in [1.807, 2.05) is 31.5 Å². The predicted octanol–water partition coefficient (Wildman–Crippen LogP) is 2.42. The summed E-state index contributed by atoms with van der Waals surface area (Å²) in [5.41, 5.74) is 2.90. The van der Waals surface area contributed by atoms with E-state index in [2.05, 4.69) is 11.4 Å². The molecule has 0 saturated heterocycles. The van der Waals surface area contributed by atoms with Crippen LogP contribution in [0.15, 0.2) is 41.0 Å². The number of nitrogens with one attached hydrogen (secondary N) is 2. The van der Waals surface area contributed by atoms with Crippen molar-refractivity contribution in [1.29, 1.82) is 5.26 Å². The van der Waals surface area contributed by atoms with Crippen LogP contribution in [0.3, 0.4) is 0 Å². The third kappa shape index (κ3) is 4.95. The van der Waals surface area contributed by atoms with Crippen molar-refractivity contribution in [2.24, 2.45) is 0 Å². The van der Waals surface area contributed by atoms with Gasteiger partial charge in [0, 0.05) is 11.3 Å². The minimum Gasteiger partial charge on any atom is -0.494 e. The lowest BCUT2D eigenvalue weighted by atomic mass is 10.2. The van der Waals surface area contributed by atoms with Crippen molar-refractivity contribution in [3.05, 3.63) is 70.6 Å². The summed E-state index contributed by atoms with van der Waals surface area (Å²) in [6, 6.07) is 10.6. The second-order valence-corrected chi connectivity index (χ2v) is 7.54. The molecule has 1 amide bonds. The fraction of sp³-hybridized carbons (Fsp3) is 0.304. The highest BCUT2D eigenvalue weighted by Crippen LogP contribution is 2.27. The van der Waals surface area contributed by atoms with Gasteiger partial charge in [-0.1, -0.05) is 0 Å². The molecule has 2 aromatic heterocycles. The maximum absolute atomic E-state index is 13.9. The summed E-state index contributed by atoms with van der Waals surface area (Å²) in [5.74, 6) is 0.703. The second-order valence-electron chi connectivity index (χ2n) is 7.54. The molecule has 0 aliphatic rings. The molecule has 3 rings (SSSR count). The normalized spacial score (nSPS) is 11.7. The molecule has 7 nitrogen and oxygen atoms in total. The molecule has 0 aliphatic heterocycles. The number of halogens is 1. The van der Waals surface area contributed by atoms with Crippen LogP contribution in [0, 0.1) is 31.0 Å². The Morgan fingerprint density at radius 2 is 2.13 bits per heavy atom. The van der Waals surface area contributed by atoms with E-state index in [9.17, 15) is 14.4 Å². The first-order valence-corrected chi connectivity index (χ1v) is 9.89. The highest BCUT2D eigenvalue weighted by molar-refractivity contribution is 5.92. The Hall–Kier alpha value is -3.57. The van der Waals surface area contributed by atoms with Crippen LogP contribution in [0.25, 0.3) is 0 Å². The lowest BCUT2D eigenvalue weighted by Gasteiger charge is -2.16. The smallest absolute Gasteiger partial charge is 0.280 e. The summed E-state index contributed by atoms with van der Waals surface area (Å²) in [6.45, 7) is 4.79. The van der Waals surface area contributed by atoms with Gasteiger partial charge in [0.1, 0.15) is 24.2 Å². The Labute approximate surface area is 180 Å². The maximum atomic E-state index is 13.9. The van der Waals surface area contributed by atoms with Crippen molar-refractivity contribution in [3.63, 3.8) is 0 Å². The summed E-state index contributed by atoms with van der Waals surface area (Å²) in [6.07, 6.45) is 1.59. The van der Waals surface area contributed by atoms with Crippen molar-refractivity contribution in [3.8, 4) is 11.8 Å². The van der Waals surface area contributed by atoms with Crippen molar-refractivity contribution in [2.75, 3.05) is 26.0 Å². The first-order valence-electron chi connectivity index (χ1n) is 9.89. The van der Waals surface area contributed by atoms with E-state index in [1.54, 1.807) is 24.5 Å². The van der Waals surface area contributed by atoms with Gasteiger partial charge in [-0.25, -0.2) is 4.39 Å². The fourth-order valence-electron chi connectivity index (χ4n) is 3.57. The summed E-state index contributed by atoms with van der Waals surface area (Å²) in [5, 5.41) is 12.5. The van der Waals surface area contributed by atoms with Crippen molar-refractivity contribution in [1.82, 2.24) is 4.57 Å². The van der Waals surface area contributed by atoms with Gasteiger partial charge in [-0.2, -0.15) is 5.26 Å². The average Bonchev–Trinajstić information content (AvgIpc) is 3.31. The number of nitrogens with zero attached hydrogens (tertiary/aromatic N) is 2. The van der Waals surface area contributed by atoms with Gasteiger partial charge in [0.2, 0.25) is 0 Å². The largest absolute Gasteiger partial charge is 0.494 e. The van der Waals surface area contributed by atoms with Crippen LogP contribution in [0.4, 0.5) is 10.2 Å². The minimum absolute atomic E-state index is 0.155. The molecule has 1 atom stereocenters. The molecule has 2 heterocycles. The number of hydrogen-bond acceptors (Lipinski definition) is 4. The van der Waals surface area contributed by atoms with E-state index < -0.39 is 5.82 Å². The molecule has 0 spiro atoms. The number of methoxy groups -OCH3 is 1. The summed E-state index contributed by atoms with van der Waals surface area (Å²) < 4.78 is 26.2. The third-order valence-electron chi connectivity index (χ3n) is 5.28. The number of aromatic nitrogens is 1. The molecule has 0 saturated carbocycles. The van der Waals surface area contributed by atoms with Crippen molar-refractivity contribution >= 4 is 11.7 Å². The number of anilines is 1. The predicted molar refractivity (Wildman–Crippen MR) is 113 cm³/mol. The number of furan rings is 1. The van der Waals surface area contributed by atoms with Crippen LogP contribution in [0.2, 0.25) is 0 Å². The highest BCUT2D eigenvalue weighted by Gasteiger charge is 2.22. The molecule has 0 bridgehead atoms. The van der Waals surface area contributed by atoms with E-state index in [-0.39, 0.29) is 18.2 Å². The zero-order chi connectivity index (χ0) is 22.5. The van der Waals surface area contributed by atoms with E-state index in [4.69, 9.17) is 9.15 Å². The Morgan fingerprint density at radius 3 is 2.74 bits per heavy atom. The summed E-state index contributed by atoms with van der Waals surface area (Å²) in [7, 11) is 3.27. The number of benzene rings is 1. The van der Waals surface area contributed by atoms with Gasteiger partial charge in [-0.3, -0.25) is 4.79 Å². The zero-order valence-corrected chi connectivity index (χ0v) is 18.1. The number of rotatable bonds is 8. The fourth-order valence-corrected chi connectivity index (χ4v) is 3.57. The van der Waals surface area contributed by atoms with Gasteiger partial charge in [0.15, 0.2) is 18.1 Å². The van der Waals surface area contributed by atoms with Gasteiger partial charge in [0.25, 0.3) is 5.91 Å². The molecular weight excluding hydrogens is 399 g/mol. The van der Waals surface area contributed by atoms with Gasteiger partial charge in [0.05, 0.1) is 32.5 Å². The molecule has 0 aliphatic carbocycles. The van der Waals surface area contributed by atoms with Gasteiger partial charge in [-0.15, -0.1) is 0 Å². The van der Waals surface area contributed by atoms with Gasteiger partial charge < -0.3 is 23.9 Å². The van der Waals surface area contributed by atoms with Gasteiger partial charge >= 0.3 is 0 Å². The Bertz CT molecular complexity index is 1110. The molecule has 31 heavy (non-hydrogen) atoms. The first kappa shape index (κ1) is 22.1. The molecule has 1 aromatic carbocycles. The Kier molecular flexibility index (Phi) is 6.78. The molecule has 162 valence electrons. The van der Waals surface area contributed by atoms with Crippen LogP contribution >= 0.6 is 0 Å². The van der Waals surface area contributed by atoms with Crippen LogP contribution in [0.1, 0.15) is 28.1 Å². The lowest BCUT2D eigenvalue weighted by molar-refractivity contribution is -0.885. The van der Waals surface area contributed by atoms with Crippen LogP contribution in [0.5, 0.6) is 5.75 Å². The lowest BCUT2D eigenvalue weighted by Crippen LogP contribution is -3.08. The zero-order valence-electron chi connectivity index (χ0n) is 18.1. The molecule has 8 heteroatoms. The standard InChI is InChI=1S/C23H25FN4O3/c1-15-16(2)28(13-18-6-5-9-31-18)23(19(15)11-25)26-22(29)14-27(3)12-17-7-8-21(30-4)20(24)10-17/h5-10H,12-14H2,1-4H3,(H,26,29)/p+1. The monoisotopic (exact) mass is 425 g/mol. The molecule has 3 aromatic rings. The van der Waals surface area contributed by atoms with Gasteiger partial charge in [-0.05, 0) is 49.7 Å². The number of hydrogen-bond donors (Lipinski definition) is 2. The van der Waals surface area contributed by atoms with Crippen LogP contribution in [-0.2, 0) is 17.9 Å². The first-order chi connectivity index (χ1) is 14.8. The number of carbonyl (C=O) groups excluding carboxylic acids is 1. The number of amides is 1. The van der Waals surface area contributed by atoms with E-state index >= 15 is 0 Å². The summed E-state index contributed by atoms with van der Waals surface area (Å²) >= 11 is 0. The quantitative estimate of drug-likeness (QED) is 0.581. The van der Waals surface area contributed by atoms with E-state index in [0.717, 1.165) is 27.5 Å². The Morgan fingerprint density at radius 1 is 1.35 bits per heavy atom. The highest BCUT2D eigenvalue weighted by atomic mass is 19.1. The number of quaternary nitrogens is 1. The van der Waals surface area contributed by atoms with E-state index in [1.165, 1.54) is 13.2 Å². The SMILES string of the molecule is COc1ccc(C[NH+](C)CC(=O)Nc2c(C#N)c(C)c(C)n2Cc2ccco2)cc1F. The Balaban J connectivity index is 1.73.